The van der Waals surface area contributed by atoms with Crippen LogP contribution in [0.1, 0.15) is 18.4 Å². The van der Waals surface area contributed by atoms with Crippen LogP contribution in [-0.4, -0.2) is 29.5 Å². The third kappa shape index (κ3) is 2.18. The number of carbonyl (C=O) groups is 1. The lowest BCUT2D eigenvalue weighted by atomic mass is 10.00. The van der Waals surface area contributed by atoms with Gasteiger partial charge in [-0.1, -0.05) is 42.5 Å². The number of rotatable bonds is 3. The number of amides is 1. The molecule has 3 nitrogen and oxygen atoms in total. The van der Waals surface area contributed by atoms with E-state index in [0.717, 1.165) is 13.0 Å². The Morgan fingerprint density at radius 1 is 1.28 bits per heavy atom. The minimum atomic E-state index is 0.140. The predicted molar refractivity (Wildman–Crippen MR) is 68.9 cm³/mol. The van der Waals surface area contributed by atoms with E-state index in [9.17, 15) is 4.79 Å². The zero-order valence-electron chi connectivity index (χ0n) is 10.3. The molecule has 0 saturated carbocycles. The molecule has 0 N–H and O–H groups in total. The van der Waals surface area contributed by atoms with Gasteiger partial charge in [0.1, 0.15) is 0 Å². The van der Waals surface area contributed by atoms with Crippen molar-refractivity contribution in [2.24, 2.45) is 0 Å². The molecule has 0 bridgehead atoms. The average molecular weight is 243 g/mol. The van der Waals surface area contributed by atoms with Gasteiger partial charge in [0.2, 0.25) is 5.91 Å². The molecule has 0 aliphatic carbocycles. The third-order valence-electron chi connectivity index (χ3n) is 3.65. The van der Waals surface area contributed by atoms with Crippen LogP contribution >= 0.6 is 0 Å². The molecule has 3 heteroatoms. The number of fused-ring (bicyclic) bond motifs is 1. The third-order valence-corrected chi connectivity index (χ3v) is 3.65. The van der Waals surface area contributed by atoms with E-state index < -0.39 is 0 Å². The molecule has 2 atom stereocenters. The average Bonchev–Trinajstić information content (AvgIpc) is 2.90. The quantitative estimate of drug-likeness (QED) is 0.761. The molecule has 1 fully saturated rings. The van der Waals surface area contributed by atoms with E-state index in [1.54, 1.807) is 0 Å². The summed E-state index contributed by atoms with van der Waals surface area (Å²) >= 11 is 0. The standard InChI is InChI=1S/C15H17NO2/c17-15-9-8-14(13-7-4-10-16(13)15)18-11-12-5-2-1-3-6-12/h1-7,13-14H,8-11H2/t13-,14-/m0/s1. The molecule has 2 heterocycles. The number of benzene rings is 1. The highest BCUT2D eigenvalue weighted by molar-refractivity contribution is 5.78. The summed E-state index contributed by atoms with van der Waals surface area (Å²) in [4.78, 5) is 13.6. The molecule has 0 spiro atoms. The van der Waals surface area contributed by atoms with Gasteiger partial charge in [0.25, 0.3) is 0 Å². The van der Waals surface area contributed by atoms with E-state index in [0.29, 0.717) is 13.0 Å². The van der Waals surface area contributed by atoms with Gasteiger partial charge in [0.05, 0.1) is 18.8 Å². The number of nitrogens with zero attached hydrogens (tertiary/aromatic N) is 1. The maximum absolute atomic E-state index is 11.7. The van der Waals surface area contributed by atoms with Crippen molar-refractivity contribution in [2.75, 3.05) is 6.54 Å². The molecule has 0 aromatic heterocycles. The largest absolute Gasteiger partial charge is 0.371 e. The monoisotopic (exact) mass is 243 g/mol. The van der Waals surface area contributed by atoms with E-state index in [1.165, 1.54) is 5.56 Å². The van der Waals surface area contributed by atoms with Gasteiger partial charge in [-0.2, -0.15) is 0 Å². The summed E-state index contributed by atoms with van der Waals surface area (Å²) < 4.78 is 5.99. The number of piperidine rings is 1. The summed E-state index contributed by atoms with van der Waals surface area (Å²) in [7, 11) is 0. The highest BCUT2D eigenvalue weighted by Crippen LogP contribution is 2.26. The van der Waals surface area contributed by atoms with Gasteiger partial charge in [-0.05, 0) is 12.0 Å². The fraction of sp³-hybridized carbons (Fsp3) is 0.400. The van der Waals surface area contributed by atoms with Crippen molar-refractivity contribution < 1.29 is 9.53 Å². The molecule has 94 valence electrons. The highest BCUT2D eigenvalue weighted by Gasteiger charge is 2.36. The number of ether oxygens (including phenoxy) is 1. The molecule has 3 rings (SSSR count). The minimum absolute atomic E-state index is 0.140. The molecule has 18 heavy (non-hydrogen) atoms. The Kier molecular flexibility index (Phi) is 3.15. The Morgan fingerprint density at radius 3 is 2.94 bits per heavy atom. The van der Waals surface area contributed by atoms with E-state index in [-0.39, 0.29) is 18.1 Å². The second kappa shape index (κ2) is 4.94. The van der Waals surface area contributed by atoms with Crippen LogP contribution in [0, 0.1) is 0 Å². The molecular weight excluding hydrogens is 226 g/mol. The fourth-order valence-corrected chi connectivity index (χ4v) is 2.67. The normalized spacial score (nSPS) is 26.4. The Labute approximate surface area is 107 Å². The van der Waals surface area contributed by atoms with Crippen molar-refractivity contribution in [3.63, 3.8) is 0 Å². The lowest BCUT2D eigenvalue weighted by molar-refractivity contribution is -0.140. The van der Waals surface area contributed by atoms with Crippen molar-refractivity contribution in [2.45, 2.75) is 31.6 Å². The summed E-state index contributed by atoms with van der Waals surface area (Å²) in [6, 6.07) is 10.3. The summed E-state index contributed by atoms with van der Waals surface area (Å²) in [6.07, 6.45) is 5.75. The molecular formula is C15H17NO2. The van der Waals surface area contributed by atoms with Crippen LogP contribution in [0.4, 0.5) is 0 Å². The van der Waals surface area contributed by atoms with Gasteiger partial charge >= 0.3 is 0 Å². The molecule has 2 aliphatic rings. The zero-order chi connectivity index (χ0) is 12.4. The SMILES string of the molecule is O=C1CC[C@H](OCc2ccccc2)[C@@H]2C=CCN12. The smallest absolute Gasteiger partial charge is 0.223 e. The van der Waals surface area contributed by atoms with Crippen LogP contribution in [0.15, 0.2) is 42.5 Å². The van der Waals surface area contributed by atoms with Gasteiger partial charge in [-0.3, -0.25) is 4.79 Å². The van der Waals surface area contributed by atoms with Gasteiger partial charge < -0.3 is 9.64 Å². The summed E-state index contributed by atoms with van der Waals surface area (Å²) in [5, 5.41) is 0. The van der Waals surface area contributed by atoms with E-state index in [4.69, 9.17) is 4.74 Å². The predicted octanol–water partition coefficient (Wildman–Crippen LogP) is 2.13. The van der Waals surface area contributed by atoms with E-state index in [1.807, 2.05) is 23.1 Å². The van der Waals surface area contributed by atoms with Crippen molar-refractivity contribution >= 4 is 5.91 Å². The van der Waals surface area contributed by atoms with Crippen LogP contribution in [-0.2, 0) is 16.1 Å². The molecule has 1 aromatic carbocycles. The molecule has 0 radical (unpaired) electrons. The van der Waals surface area contributed by atoms with Crippen LogP contribution < -0.4 is 0 Å². The molecule has 0 unspecified atom stereocenters. The first-order valence-electron chi connectivity index (χ1n) is 6.46. The summed E-state index contributed by atoms with van der Waals surface area (Å²) in [5.41, 5.74) is 1.18. The van der Waals surface area contributed by atoms with Crippen LogP contribution in [0.2, 0.25) is 0 Å². The number of carbonyl (C=O) groups excluding carboxylic acids is 1. The molecule has 1 amide bonds. The lowest BCUT2D eigenvalue weighted by Gasteiger charge is -2.36. The first-order chi connectivity index (χ1) is 8.84. The fourth-order valence-electron chi connectivity index (χ4n) is 2.67. The van der Waals surface area contributed by atoms with Crippen molar-refractivity contribution in [3.8, 4) is 0 Å². The second-order valence-corrected chi connectivity index (χ2v) is 4.84. The number of hydrogen-bond donors (Lipinski definition) is 0. The van der Waals surface area contributed by atoms with Crippen LogP contribution in [0.5, 0.6) is 0 Å². The van der Waals surface area contributed by atoms with Crippen LogP contribution in [0.3, 0.4) is 0 Å². The maximum atomic E-state index is 11.7. The minimum Gasteiger partial charge on any atom is -0.371 e. The lowest BCUT2D eigenvalue weighted by Crippen LogP contribution is -2.48. The Hall–Kier alpha value is -1.61. The first kappa shape index (κ1) is 11.5. The van der Waals surface area contributed by atoms with Crippen molar-refractivity contribution in [1.82, 2.24) is 4.90 Å². The Balaban J connectivity index is 1.63. The maximum Gasteiger partial charge on any atom is 0.223 e. The summed E-state index contributed by atoms with van der Waals surface area (Å²) in [6.45, 7) is 1.37. The van der Waals surface area contributed by atoms with E-state index in [2.05, 4.69) is 24.3 Å². The Bertz CT molecular complexity index is 455. The molecule has 1 saturated heterocycles. The van der Waals surface area contributed by atoms with Gasteiger partial charge in [0.15, 0.2) is 0 Å². The Morgan fingerprint density at radius 2 is 2.11 bits per heavy atom. The highest BCUT2D eigenvalue weighted by atomic mass is 16.5. The number of hydrogen-bond acceptors (Lipinski definition) is 2. The topological polar surface area (TPSA) is 29.5 Å². The van der Waals surface area contributed by atoms with Crippen molar-refractivity contribution in [3.05, 3.63) is 48.0 Å². The summed E-state index contributed by atoms with van der Waals surface area (Å²) in [5.74, 6) is 0.254. The van der Waals surface area contributed by atoms with Crippen molar-refractivity contribution in [1.29, 1.82) is 0 Å². The van der Waals surface area contributed by atoms with Gasteiger partial charge in [-0.15, -0.1) is 0 Å². The van der Waals surface area contributed by atoms with Gasteiger partial charge in [-0.25, -0.2) is 0 Å². The first-order valence-corrected chi connectivity index (χ1v) is 6.46. The molecule has 1 aromatic rings. The molecule has 2 aliphatic heterocycles. The van der Waals surface area contributed by atoms with E-state index >= 15 is 0 Å². The zero-order valence-corrected chi connectivity index (χ0v) is 10.3. The second-order valence-electron chi connectivity index (χ2n) is 4.84. The van der Waals surface area contributed by atoms with Gasteiger partial charge in [0, 0.05) is 13.0 Å². The van der Waals surface area contributed by atoms with Crippen LogP contribution in [0.25, 0.3) is 0 Å².